The van der Waals surface area contributed by atoms with Gasteiger partial charge in [-0.2, -0.15) is 0 Å². The quantitative estimate of drug-likeness (QED) is 0.625. The van der Waals surface area contributed by atoms with Crippen molar-refractivity contribution in [1.82, 2.24) is 0 Å². The van der Waals surface area contributed by atoms with Crippen molar-refractivity contribution < 1.29 is 14.5 Å². The van der Waals surface area contributed by atoms with Gasteiger partial charge in [0.05, 0.1) is 4.92 Å². The van der Waals surface area contributed by atoms with Crippen molar-refractivity contribution in [2.45, 2.75) is 19.8 Å². The van der Waals surface area contributed by atoms with E-state index >= 15 is 0 Å². The van der Waals surface area contributed by atoms with Crippen molar-refractivity contribution >= 4 is 28.9 Å². The lowest BCUT2D eigenvalue weighted by atomic mass is 10.2. The van der Waals surface area contributed by atoms with Crippen LogP contribution in [0.5, 0.6) is 0 Å². The van der Waals surface area contributed by atoms with E-state index in [9.17, 15) is 19.7 Å². The summed E-state index contributed by atoms with van der Waals surface area (Å²) < 4.78 is 0. The fraction of sp³-hybridized carbons (Fsp3) is 0.176. The molecule has 0 spiro atoms. The molecule has 2 aromatic carbocycles. The van der Waals surface area contributed by atoms with E-state index in [1.807, 2.05) is 6.92 Å². The highest BCUT2D eigenvalue weighted by molar-refractivity contribution is 6.04. The molecule has 0 bridgehead atoms. The number of amides is 2. The molecule has 24 heavy (non-hydrogen) atoms. The van der Waals surface area contributed by atoms with Gasteiger partial charge in [0.25, 0.3) is 11.6 Å². The number of hydrogen-bond acceptors (Lipinski definition) is 4. The number of nitro benzene ring substituents is 1. The fourth-order valence-corrected chi connectivity index (χ4v) is 2.03. The van der Waals surface area contributed by atoms with Crippen LogP contribution < -0.4 is 10.6 Å². The third-order valence-electron chi connectivity index (χ3n) is 3.24. The number of nitrogens with one attached hydrogen (secondary N) is 2. The zero-order chi connectivity index (χ0) is 17.5. The van der Waals surface area contributed by atoms with Crippen LogP contribution >= 0.6 is 0 Å². The topological polar surface area (TPSA) is 101 Å². The second kappa shape index (κ2) is 7.87. The number of carbonyl (C=O) groups is 2. The summed E-state index contributed by atoms with van der Waals surface area (Å²) in [6, 6.07) is 12.1. The Hall–Kier alpha value is -3.22. The molecule has 0 atom stereocenters. The van der Waals surface area contributed by atoms with Gasteiger partial charge >= 0.3 is 0 Å². The van der Waals surface area contributed by atoms with E-state index in [0.717, 1.165) is 6.42 Å². The molecule has 2 amide bonds. The Kier molecular flexibility index (Phi) is 5.62. The second-order valence-electron chi connectivity index (χ2n) is 5.13. The lowest BCUT2D eigenvalue weighted by Gasteiger charge is -2.08. The van der Waals surface area contributed by atoms with E-state index in [1.165, 1.54) is 24.3 Å². The maximum absolute atomic E-state index is 12.1. The van der Waals surface area contributed by atoms with Crippen LogP contribution in [0.2, 0.25) is 0 Å². The van der Waals surface area contributed by atoms with E-state index in [1.54, 1.807) is 24.3 Å². The molecule has 0 aliphatic heterocycles. The molecule has 0 radical (unpaired) electrons. The van der Waals surface area contributed by atoms with Crippen LogP contribution in [0.4, 0.5) is 17.1 Å². The number of rotatable bonds is 6. The highest BCUT2D eigenvalue weighted by atomic mass is 16.6. The first-order chi connectivity index (χ1) is 11.5. The molecular formula is C17H17N3O4. The van der Waals surface area contributed by atoms with E-state index < -0.39 is 4.92 Å². The predicted octanol–water partition coefficient (Wildman–Crippen LogP) is 3.59. The van der Waals surface area contributed by atoms with Gasteiger partial charge in [0.1, 0.15) is 0 Å². The first-order valence-corrected chi connectivity index (χ1v) is 7.45. The smallest absolute Gasteiger partial charge is 0.269 e. The minimum absolute atomic E-state index is 0.0554. The largest absolute Gasteiger partial charge is 0.326 e. The van der Waals surface area contributed by atoms with Gasteiger partial charge in [-0.25, -0.2) is 0 Å². The number of carbonyl (C=O) groups excluding carboxylic acids is 2. The third-order valence-corrected chi connectivity index (χ3v) is 3.24. The average Bonchev–Trinajstić information content (AvgIpc) is 2.57. The van der Waals surface area contributed by atoms with Gasteiger partial charge in [-0.05, 0) is 42.8 Å². The summed E-state index contributed by atoms with van der Waals surface area (Å²) in [6.45, 7) is 1.93. The molecule has 0 heterocycles. The van der Waals surface area contributed by atoms with Gasteiger partial charge in [0.15, 0.2) is 0 Å². The van der Waals surface area contributed by atoms with Crippen molar-refractivity contribution in [1.29, 1.82) is 0 Å². The monoisotopic (exact) mass is 327 g/mol. The Balaban J connectivity index is 1.98. The summed E-state index contributed by atoms with van der Waals surface area (Å²) in [7, 11) is 0. The van der Waals surface area contributed by atoms with Crippen molar-refractivity contribution in [3.05, 3.63) is 64.2 Å². The maximum atomic E-state index is 12.1. The van der Waals surface area contributed by atoms with Crippen LogP contribution in [0, 0.1) is 10.1 Å². The summed E-state index contributed by atoms with van der Waals surface area (Å²) in [4.78, 5) is 33.7. The van der Waals surface area contributed by atoms with E-state index in [4.69, 9.17) is 0 Å². The van der Waals surface area contributed by atoms with Crippen molar-refractivity contribution in [2.75, 3.05) is 10.6 Å². The summed E-state index contributed by atoms with van der Waals surface area (Å²) >= 11 is 0. The molecule has 0 unspecified atom stereocenters. The van der Waals surface area contributed by atoms with E-state index in [0.29, 0.717) is 23.4 Å². The SMILES string of the molecule is CCCC(=O)Nc1ccc(NC(=O)c2ccc([N+](=O)[O-])cc2)cc1. The van der Waals surface area contributed by atoms with Crippen molar-refractivity contribution in [3.63, 3.8) is 0 Å². The summed E-state index contributed by atoms with van der Waals surface area (Å²) in [5, 5.41) is 16.0. The Morgan fingerprint density at radius 2 is 1.50 bits per heavy atom. The molecule has 2 aromatic rings. The van der Waals surface area contributed by atoms with Crippen LogP contribution in [0.25, 0.3) is 0 Å². The van der Waals surface area contributed by atoms with Crippen molar-refractivity contribution in [2.24, 2.45) is 0 Å². The lowest BCUT2D eigenvalue weighted by molar-refractivity contribution is -0.384. The third kappa shape index (κ3) is 4.64. The maximum Gasteiger partial charge on any atom is 0.269 e. The molecular weight excluding hydrogens is 310 g/mol. The fourth-order valence-electron chi connectivity index (χ4n) is 2.03. The predicted molar refractivity (Wildman–Crippen MR) is 91.0 cm³/mol. The Bertz CT molecular complexity index is 739. The van der Waals surface area contributed by atoms with Crippen molar-refractivity contribution in [3.8, 4) is 0 Å². The number of non-ortho nitro benzene ring substituents is 1. The Morgan fingerprint density at radius 3 is 2.00 bits per heavy atom. The first kappa shape index (κ1) is 17.1. The van der Waals surface area contributed by atoms with Gasteiger partial charge in [-0.15, -0.1) is 0 Å². The van der Waals surface area contributed by atoms with Gasteiger partial charge in [0.2, 0.25) is 5.91 Å². The second-order valence-corrected chi connectivity index (χ2v) is 5.13. The minimum atomic E-state index is -0.521. The number of hydrogen-bond donors (Lipinski definition) is 2. The first-order valence-electron chi connectivity index (χ1n) is 7.45. The van der Waals surface area contributed by atoms with Crippen LogP contribution in [-0.4, -0.2) is 16.7 Å². The molecule has 2 N–H and O–H groups in total. The highest BCUT2D eigenvalue weighted by Crippen LogP contribution is 2.16. The summed E-state index contributed by atoms with van der Waals surface area (Å²) in [5.41, 5.74) is 1.47. The number of nitro groups is 1. The minimum Gasteiger partial charge on any atom is -0.326 e. The zero-order valence-electron chi connectivity index (χ0n) is 13.1. The van der Waals surface area contributed by atoms with Crippen LogP contribution in [-0.2, 0) is 4.79 Å². The standard InChI is InChI=1S/C17H17N3O4/c1-2-3-16(21)18-13-6-8-14(9-7-13)19-17(22)12-4-10-15(11-5-12)20(23)24/h4-11H,2-3H2,1H3,(H,18,21)(H,19,22). The van der Waals surface area contributed by atoms with E-state index in [2.05, 4.69) is 10.6 Å². The Morgan fingerprint density at radius 1 is 0.958 bits per heavy atom. The summed E-state index contributed by atoms with van der Waals surface area (Å²) in [6.07, 6.45) is 1.23. The van der Waals surface area contributed by atoms with Gasteiger partial charge in [0, 0.05) is 35.5 Å². The zero-order valence-corrected chi connectivity index (χ0v) is 13.1. The Labute approximate surface area is 138 Å². The summed E-state index contributed by atoms with van der Waals surface area (Å²) in [5.74, 6) is -0.423. The van der Waals surface area contributed by atoms with Gasteiger partial charge in [-0.3, -0.25) is 19.7 Å². The molecule has 0 aliphatic rings. The number of anilines is 2. The molecule has 7 nitrogen and oxygen atoms in total. The number of benzene rings is 2. The lowest BCUT2D eigenvalue weighted by Crippen LogP contribution is -2.12. The highest BCUT2D eigenvalue weighted by Gasteiger charge is 2.10. The molecule has 0 aromatic heterocycles. The normalized spacial score (nSPS) is 10.0. The van der Waals surface area contributed by atoms with Crippen LogP contribution in [0.15, 0.2) is 48.5 Å². The molecule has 7 heteroatoms. The van der Waals surface area contributed by atoms with Gasteiger partial charge in [-0.1, -0.05) is 6.92 Å². The number of nitrogens with zero attached hydrogens (tertiary/aromatic N) is 1. The average molecular weight is 327 g/mol. The van der Waals surface area contributed by atoms with Crippen LogP contribution in [0.1, 0.15) is 30.1 Å². The molecule has 0 saturated carbocycles. The van der Waals surface area contributed by atoms with E-state index in [-0.39, 0.29) is 17.5 Å². The molecule has 0 saturated heterocycles. The molecule has 0 fully saturated rings. The molecule has 124 valence electrons. The van der Waals surface area contributed by atoms with Crippen LogP contribution in [0.3, 0.4) is 0 Å². The van der Waals surface area contributed by atoms with Gasteiger partial charge < -0.3 is 10.6 Å². The molecule has 2 rings (SSSR count). The molecule has 0 aliphatic carbocycles.